The fraction of sp³-hybridized carbons (Fsp3) is 0.375. The molecule has 1 amide bonds. The highest BCUT2D eigenvalue weighted by Crippen LogP contribution is 2.23. The molecule has 9 nitrogen and oxygen atoms in total. The Morgan fingerprint density at radius 1 is 1.48 bits per heavy atom. The van der Waals surface area contributed by atoms with Crippen molar-refractivity contribution in [1.29, 1.82) is 0 Å². The quantitative estimate of drug-likeness (QED) is 0.724. The molecule has 1 saturated heterocycles. The first-order valence-electron chi connectivity index (χ1n) is 8.13. The number of hydrogen-bond acceptors (Lipinski definition) is 6. The lowest BCUT2D eigenvalue weighted by molar-refractivity contribution is -0.122. The number of hydrogen-bond donors (Lipinski definition) is 2. The molecule has 1 atom stereocenters. The van der Waals surface area contributed by atoms with Crippen molar-refractivity contribution < 1.29 is 9.32 Å². The molecule has 9 heteroatoms. The number of nitrogens with zero attached hydrogens (tertiary/aromatic N) is 5. The molecular weight excluding hydrogens is 322 g/mol. The van der Waals surface area contributed by atoms with Gasteiger partial charge in [-0.2, -0.15) is 10.2 Å². The summed E-state index contributed by atoms with van der Waals surface area (Å²) >= 11 is 0. The number of aryl methyl sites for hydroxylation is 1. The smallest absolute Gasteiger partial charge is 0.244 e. The molecule has 4 heterocycles. The third-order valence-electron chi connectivity index (χ3n) is 4.46. The van der Waals surface area contributed by atoms with Crippen molar-refractivity contribution in [1.82, 2.24) is 30.0 Å². The lowest BCUT2D eigenvalue weighted by Gasteiger charge is -2.06. The zero-order chi connectivity index (χ0) is 17.4. The average molecular weight is 341 g/mol. The SMILES string of the molecule is Cc1c(-c2cc(CNc3ccn(C4CCNC4=O)n3)on2)cnn1C. The molecule has 1 aliphatic rings. The lowest BCUT2D eigenvalue weighted by atomic mass is 10.2. The maximum Gasteiger partial charge on any atom is 0.244 e. The van der Waals surface area contributed by atoms with Crippen molar-refractivity contribution in [2.24, 2.45) is 7.05 Å². The number of aromatic nitrogens is 5. The summed E-state index contributed by atoms with van der Waals surface area (Å²) in [7, 11) is 1.89. The number of carbonyl (C=O) groups excluding carboxylic acids is 1. The molecule has 1 aliphatic heterocycles. The maximum atomic E-state index is 11.7. The fourth-order valence-corrected chi connectivity index (χ4v) is 2.89. The summed E-state index contributed by atoms with van der Waals surface area (Å²) in [5, 5.41) is 18.7. The Labute approximate surface area is 144 Å². The number of anilines is 1. The summed E-state index contributed by atoms with van der Waals surface area (Å²) in [5.41, 5.74) is 2.74. The molecule has 3 aromatic rings. The molecule has 0 saturated carbocycles. The Morgan fingerprint density at radius 2 is 2.36 bits per heavy atom. The molecule has 0 spiro atoms. The Morgan fingerprint density at radius 3 is 3.08 bits per heavy atom. The maximum absolute atomic E-state index is 11.7. The van der Waals surface area contributed by atoms with E-state index in [4.69, 9.17) is 4.52 Å². The molecule has 4 rings (SSSR count). The van der Waals surface area contributed by atoms with Gasteiger partial charge >= 0.3 is 0 Å². The summed E-state index contributed by atoms with van der Waals surface area (Å²) in [4.78, 5) is 11.7. The number of rotatable bonds is 5. The molecule has 0 aromatic carbocycles. The second-order valence-corrected chi connectivity index (χ2v) is 6.08. The van der Waals surface area contributed by atoms with Gasteiger partial charge in [0.1, 0.15) is 17.6 Å². The normalized spacial score (nSPS) is 17.0. The predicted octanol–water partition coefficient (Wildman–Crippen LogP) is 1.25. The third kappa shape index (κ3) is 2.88. The van der Waals surface area contributed by atoms with Gasteiger partial charge < -0.3 is 15.2 Å². The van der Waals surface area contributed by atoms with Crippen LogP contribution in [0.2, 0.25) is 0 Å². The van der Waals surface area contributed by atoms with Gasteiger partial charge in [-0.3, -0.25) is 14.2 Å². The first kappa shape index (κ1) is 15.4. The minimum atomic E-state index is -0.221. The molecule has 0 radical (unpaired) electrons. The molecule has 25 heavy (non-hydrogen) atoms. The van der Waals surface area contributed by atoms with Crippen molar-refractivity contribution in [2.75, 3.05) is 11.9 Å². The van der Waals surface area contributed by atoms with Crippen LogP contribution in [0, 0.1) is 6.92 Å². The molecule has 2 N–H and O–H groups in total. The van der Waals surface area contributed by atoms with E-state index in [9.17, 15) is 4.79 Å². The molecule has 1 unspecified atom stereocenters. The van der Waals surface area contributed by atoms with E-state index in [1.807, 2.05) is 32.3 Å². The number of nitrogens with one attached hydrogen (secondary N) is 2. The lowest BCUT2D eigenvalue weighted by Crippen LogP contribution is -2.22. The van der Waals surface area contributed by atoms with Crippen LogP contribution in [0.1, 0.15) is 23.9 Å². The van der Waals surface area contributed by atoms with E-state index in [-0.39, 0.29) is 11.9 Å². The van der Waals surface area contributed by atoms with E-state index in [0.717, 1.165) is 23.4 Å². The summed E-state index contributed by atoms with van der Waals surface area (Å²) in [6, 6.07) is 3.51. The van der Waals surface area contributed by atoms with E-state index in [1.54, 1.807) is 15.6 Å². The Kier molecular flexibility index (Phi) is 3.75. The number of amides is 1. The van der Waals surface area contributed by atoms with Gasteiger partial charge in [0.25, 0.3) is 0 Å². The summed E-state index contributed by atoms with van der Waals surface area (Å²) in [6.45, 7) is 3.14. The van der Waals surface area contributed by atoms with Gasteiger partial charge in [-0.15, -0.1) is 0 Å². The van der Waals surface area contributed by atoms with Gasteiger partial charge in [0.05, 0.1) is 12.7 Å². The van der Waals surface area contributed by atoms with Crippen molar-refractivity contribution in [3.8, 4) is 11.3 Å². The van der Waals surface area contributed by atoms with Crippen LogP contribution in [-0.4, -0.2) is 37.2 Å². The summed E-state index contributed by atoms with van der Waals surface area (Å²) in [6.07, 6.45) is 4.34. The molecule has 0 aliphatic carbocycles. The Hall–Kier alpha value is -3.10. The average Bonchev–Trinajstić information content (AvgIpc) is 3.35. The van der Waals surface area contributed by atoms with Gasteiger partial charge in [0.2, 0.25) is 5.91 Å². The summed E-state index contributed by atoms with van der Waals surface area (Å²) < 4.78 is 8.87. The van der Waals surface area contributed by atoms with Crippen LogP contribution in [0.5, 0.6) is 0 Å². The fourth-order valence-electron chi connectivity index (χ4n) is 2.89. The molecule has 130 valence electrons. The molecule has 1 fully saturated rings. The summed E-state index contributed by atoms with van der Waals surface area (Å²) in [5.74, 6) is 1.41. The minimum Gasteiger partial charge on any atom is -0.361 e. The van der Waals surface area contributed by atoms with Crippen molar-refractivity contribution >= 4 is 11.7 Å². The van der Waals surface area contributed by atoms with Crippen LogP contribution in [-0.2, 0) is 18.4 Å². The van der Waals surface area contributed by atoms with Crippen molar-refractivity contribution in [3.63, 3.8) is 0 Å². The van der Waals surface area contributed by atoms with Crippen LogP contribution in [0.3, 0.4) is 0 Å². The standard InChI is InChI=1S/C16H19N7O2/c1-10-12(9-19-22(10)2)13-7-11(25-21-13)8-18-15-4-6-23(20-15)14-3-5-17-16(14)24/h4,6-7,9,14H,3,5,8H2,1-2H3,(H,17,24)(H,18,20). The zero-order valence-corrected chi connectivity index (χ0v) is 14.1. The van der Waals surface area contributed by atoms with E-state index >= 15 is 0 Å². The van der Waals surface area contributed by atoms with E-state index < -0.39 is 0 Å². The highest BCUT2D eigenvalue weighted by atomic mass is 16.5. The monoisotopic (exact) mass is 341 g/mol. The topological polar surface area (TPSA) is 103 Å². The van der Waals surface area contributed by atoms with Gasteiger partial charge in [-0.05, 0) is 13.3 Å². The van der Waals surface area contributed by atoms with Crippen molar-refractivity contribution in [2.45, 2.75) is 25.9 Å². The Balaban J connectivity index is 1.41. The largest absolute Gasteiger partial charge is 0.361 e. The van der Waals surface area contributed by atoms with Crippen LogP contribution >= 0.6 is 0 Å². The Bertz CT molecular complexity index is 907. The highest BCUT2D eigenvalue weighted by molar-refractivity contribution is 5.82. The van der Waals surface area contributed by atoms with Crippen LogP contribution in [0.25, 0.3) is 11.3 Å². The predicted molar refractivity (Wildman–Crippen MR) is 89.7 cm³/mol. The van der Waals surface area contributed by atoms with Crippen LogP contribution in [0.15, 0.2) is 29.0 Å². The highest BCUT2D eigenvalue weighted by Gasteiger charge is 2.26. The van der Waals surface area contributed by atoms with Crippen LogP contribution in [0.4, 0.5) is 5.82 Å². The van der Waals surface area contributed by atoms with Gasteiger partial charge in [-0.1, -0.05) is 5.16 Å². The first-order chi connectivity index (χ1) is 12.1. The second kappa shape index (κ2) is 6.08. The molecule has 3 aromatic heterocycles. The zero-order valence-electron chi connectivity index (χ0n) is 14.1. The van der Waals surface area contributed by atoms with Gasteiger partial charge in [0.15, 0.2) is 5.76 Å². The molecule has 0 bridgehead atoms. The second-order valence-electron chi connectivity index (χ2n) is 6.08. The first-order valence-corrected chi connectivity index (χ1v) is 8.13. The van der Waals surface area contributed by atoms with E-state index in [0.29, 0.717) is 24.7 Å². The third-order valence-corrected chi connectivity index (χ3v) is 4.46. The van der Waals surface area contributed by atoms with Gasteiger partial charge in [-0.25, -0.2) is 0 Å². The van der Waals surface area contributed by atoms with Crippen molar-refractivity contribution in [3.05, 3.63) is 36.0 Å². The van der Waals surface area contributed by atoms with E-state index in [2.05, 4.69) is 26.0 Å². The molecular formula is C16H19N7O2. The minimum absolute atomic E-state index is 0.0152. The van der Waals surface area contributed by atoms with Crippen LogP contribution < -0.4 is 10.6 Å². The van der Waals surface area contributed by atoms with Gasteiger partial charge in [0, 0.05) is 43.2 Å². The number of carbonyl (C=O) groups is 1. The van der Waals surface area contributed by atoms with E-state index in [1.165, 1.54) is 0 Å².